The molecule has 6 nitrogen and oxygen atoms in total. The van der Waals surface area contributed by atoms with E-state index >= 15 is 0 Å². The molecule has 0 amide bonds. The normalized spacial score (nSPS) is 11.6. The Kier molecular flexibility index (Phi) is 6.03. The molecule has 2 aromatic carbocycles. The molecular formula is C18H21NO5. The van der Waals surface area contributed by atoms with Crippen molar-refractivity contribution >= 4 is 11.7 Å². The van der Waals surface area contributed by atoms with E-state index in [4.69, 9.17) is 24.7 Å². The van der Waals surface area contributed by atoms with Gasteiger partial charge in [0.15, 0.2) is 0 Å². The fourth-order valence-corrected chi connectivity index (χ4v) is 2.11. The van der Waals surface area contributed by atoms with Gasteiger partial charge in [-0.1, -0.05) is 0 Å². The molecule has 0 bridgehead atoms. The molecule has 0 aliphatic carbocycles. The van der Waals surface area contributed by atoms with E-state index in [1.807, 2.05) is 6.92 Å². The summed E-state index contributed by atoms with van der Waals surface area (Å²) >= 11 is 0. The van der Waals surface area contributed by atoms with Crippen LogP contribution in [0.2, 0.25) is 0 Å². The van der Waals surface area contributed by atoms with Gasteiger partial charge in [0, 0.05) is 18.9 Å². The molecule has 0 fully saturated rings. The number of esters is 1. The second-order valence-corrected chi connectivity index (χ2v) is 5.24. The Bertz CT molecular complexity index is 684. The predicted molar refractivity (Wildman–Crippen MR) is 90.7 cm³/mol. The first-order valence-electron chi connectivity index (χ1n) is 7.44. The summed E-state index contributed by atoms with van der Waals surface area (Å²) < 4.78 is 21.4. The lowest BCUT2D eigenvalue weighted by atomic mass is 10.2. The minimum Gasteiger partial charge on any atom is -0.488 e. The van der Waals surface area contributed by atoms with Gasteiger partial charge in [0.05, 0.1) is 19.3 Å². The molecule has 2 rings (SSSR count). The third-order valence-electron chi connectivity index (χ3n) is 3.16. The van der Waals surface area contributed by atoms with Crippen molar-refractivity contribution in [3.63, 3.8) is 0 Å². The number of nitrogens with two attached hydrogens (primary N) is 1. The van der Waals surface area contributed by atoms with E-state index in [0.29, 0.717) is 35.1 Å². The topological polar surface area (TPSA) is 80.0 Å². The monoisotopic (exact) mass is 331 g/mol. The maximum Gasteiger partial charge on any atom is 0.338 e. The summed E-state index contributed by atoms with van der Waals surface area (Å²) in [6, 6.07) is 11.9. The van der Waals surface area contributed by atoms with E-state index < -0.39 is 5.97 Å². The van der Waals surface area contributed by atoms with E-state index in [1.54, 1.807) is 49.6 Å². The zero-order valence-electron chi connectivity index (χ0n) is 13.9. The smallest absolute Gasteiger partial charge is 0.338 e. The Hall–Kier alpha value is -2.73. The van der Waals surface area contributed by atoms with Gasteiger partial charge in [0.2, 0.25) is 0 Å². The Morgan fingerprint density at radius 2 is 1.71 bits per heavy atom. The number of hydrogen-bond acceptors (Lipinski definition) is 6. The average Bonchev–Trinajstić information content (AvgIpc) is 2.56. The zero-order valence-corrected chi connectivity index (χ0v) is 13.9. The number of anilines is 1. The molecule has 0 aromatic heterocycles. The van der Waals surface area contributed by atoms with E-state index in [2.05, 4.69) is 0 Å². The molecule has 2 aromatic rings. The van der Waals surface area contributed by atoms with E-state index in [-0.39, 0.29) is 6.10 Å². The first-order chi connectivity index (χ1) is 11.5. The number of carbonyl (C=O) groups excluding carboxylic acids is 1. The molecule has 0 aliphatic rings. The summed E-state index contributed by atoms with van der Waals surface area (Å²) in [6.07, 6.45) is -0.174. The quantitative estimate of drug-likeness (QED) is 0.619. The Morgan fingerprint density at radius 1 is 1.04 bits per heavy atom. The summed E-state index contributed by atoms with van der Waals surface area (Å²) in [6.45, 7) is 2.30. The first kappa shape index (κ1) is 17.6. The predicted octanol–water partition coefficient (Wildman–Crippen LogP) is 3.26. The molecule has 0 saturated carbocycles. The SMILES string of the molecule is COC[C@H](C)Oc1cc(Oc2ccc(N)cc2)cc(C(=O)OC)c1. The summed E-state index contributed by atoms with van der Waals surface area (Å²) in [5.74, 6) is 1.08. The molecule has 1 atom stereocenters. The van der Waals surface area contributed by atoms with Gasteiger partial charge >= 0.3 is 5.97 Å². The lowest BCUT2D eigenvalue weighted by Crippen LogP contribution is -2.18. The van der Waals surface area contributed by atoms with E-state index in [0.717, 1.165) is 0 Å². The van der Waals surface area contributed by atoms with Crippen LogP contribution >= 0.6 is 0 Å². The van der Waals surface area contributed by atoms with Crippen LogP contribution in [0.4, 0.5) is 5.69 Å². The average molecular weight is 331 g/mol. The van der Waals surface area contributed by atoms with Crippen LogP contribution in [0.5, 0.6) is 17.2 Å². The largest absolute Gasteiger partial charge is 0.488 e. The van der Waals surface area contributed by atoms with Crippen molar-refractivity contribution < 1.29 is 23.7 Å². The van der Waals surface area contributed by atoms with Crippen LogP contribution in [0.25, 0.3) is 0 Å². The van der Waals surface area contributed by atoms with Crippen LogP contribution in [0.15, 0.2) is 42.5 Å². The van der Waals surface area contributed by atoms with Gasteiger partial charge in [-0.15, -0.1) is 0 Å². The molecule has 6 heteroatoms. The van der Waals surface area contributed by atoms with Crippen LogP contribution in [0, 0.1) is 0 Å². The maximum absolute atomic E-state index is 11.9. The van der Waals surface area contributed by atoms with E-state index in [9.17, 15) is 4.79 Å². The number of carbonyl (C=O) groups is 1. The van der Waals surface area contributed by atoms with Gasteiger partial charge < -0.3 is 24.7 Å². The second kappa shape index (κ2) is 8.21. The standard InChI is InChI=1S/C18H21NO5/c1-12(11-21-2)23-16-8-13(18(20)22-3)9-17(10-16)24-15-6-4-14(19)5-7-15/h4-10,12H,11,19H2,1-3H3/t12-/m0/s1. The van der Waals surface area contributed by atoms with Gasteiger partial charge in [0.1, 0.15) is 23.4 Å². The Balaban J connectivity index is 2.27. The number of hydrogen-bond donors (Lipinski definition) is 1. The molecule has 2 N–H and O–H groups in total. The van der Waals surface area contributed by atoms with Crippen LogP contribution in [0.1, 0.15) is 17.3 Å². The third-order valence-corrected chi connectivity index (χ3v) is 3.16. The van der Waals surface area contributed by atoms with Crippen molar-refractivity contribution in [1.29, 1.82) is 0 Å². The van der Waals surface area contributed by atoms with Crippen molar-refractivity contribution in [1.82, 2.24) is 0 Å². The van der Waals surface area contributed by atoms with Crippen molar-refractivity contribution in [3.8, 4) is 17.2 Å². The molecule has 0 unspecified atom stereocenters. The zero-order chi connectivity index (χ0) is 17.5. The molecule has 0 aliphatic heterocycles. The summed E-state index contributed by atoms with van der Waals surface area (Å²) in [5.41, 5.74) is 6.64. The van der Waals surface area contributed by atoms with Crippen LogP contribution < -0.4 is 15.2 Å². The van der Waals surface area contributed by atoms with Crippen molar-refractivity contribution in [2.75, 3.05) is 26.6 Å². The highest BCUT2D eigenvalue weighted by Crippen LogP contribution is 2.29. The van der Waals surface area contributed by atoms with Gasteiger partial charge in [-0.05, 0) is 43.3 Å². The highest BCUT2D eigenvalue weighted by Gasteiger charge is 2.13. The lowest BCUT2D eigenvalue weighted by Gasteiger charge is -2.16. The third kappa shape index (κ3) is 4.89. The highest BCUT2D eigenvalue weighted by atomic mass is 16.5. The number of benzene rings is 2. The Labute approximate surface area is 141 Å². The first-order valence-corrected chi connectivity index (χ1v) is 7.44. The van der Waals surface area contributed by atoms with Gasteiger partial charge in [-0.2, -0.15) is 0 Å². The molecule has 128 valence electrons. The van der Waals surface area contributed by atoms with Crippen LogP contribution in [0.3, 0.4) is 0 Å². The van der Waals surface area contributed by atoms with Gasteiger partial charge in [-0.3, -0.25) is 0 Å². The summed E-state index contributed by atoms with van der Waals surface area (Å²) in [4.78, 5) is 11.9. The Morgan fingerprint density at radius 3 is 2.33 bits per heavy atom. The maximum atomic E-state index is 11.9. The van der Waals surface area contributed by atoms with Gasteiger partial charge in [0.25, 0.3) is 0 Å². The summed E-state index contributed by atoms with van der Waals surface area (Å²) in [5, 5.41) is 0. The van der Waals surface area contributed by atoms with E-state index in [1.165, 1.54) is 7.11 Å². The molecule has 0 radical (unpaired) electrons. The minimum atomic E-state index is -0.470. The fraction of sp³-hybridized carbons (Fsp3) is 0.278. The number of methoxy groups -OCH3 is 2. The fourth-order valence-electron chi connectivity index (χ4n) is 2.11. The molecule has 0 saturated heterocycles. The lowest BCUT2D eigenvalue weighted by molar-refractivity contribution is 0.0598. The van der Waals surface area contributed by atoms with Crippen molar-refractivity contribution in [3.05, 3.63) is 48.0 Å². The van der Waals surface area contributed by atoms with Crippen molar-refractivity contribution in [2.24, 2.45) is 0 Å². The summed E-state index contributed by atoms with van der Waals surface area (Å²) in [7, 11) is 2.92. The molecule has 0 spiro atoms. The number of rotatable bonds is 7. The molecule has 24 heavy (non-hydrogen) atoms. The van der Waals surface area contributed by atoms with Crippen molar-refractivity contribution in [2.45, 2.75) is 13.0 Å². The number of nitrogen functional groups attached to an aromatic ring is 1. The van der Waals surface area contributed by atoms with Gasteiger partial charge in [-0.25, -0.2) is 4.79 Å². The van der Waals surface area contributed by atoms with Crippen LogP contribution in [-0.4, -0.2) is 32.9 Å². The number of ether oxygens (including phenoxy) is 4. The molecule has 0 heterocycles. The molecular weight excluding hydrogens is 310 g/mol. The highest BCUT2D eigenvalue weighted by molar-refractivity contribution is 5.90. The van der Waals surface area contributed by atoms with Crippen LogP contribution in [-0.2, 0) is 9.47 Å². The minimum absolute atomic E-state index is 0.174. The second-order valence-electron chi connectivity index (χ2n) is 5.24.